The van der Waals surface area contributed by atoms with Gasteiger partial charge in [-0.3, -0.25) is 4.90 Å². The van der Waals surface area contributed by atoms with E-state index in [0.29, 0.717) is 6.04 Å². The summed E-state index contributed by atoms with van der Waals surface area (Å²) < 4.78 is 27.6. The normalized spacial score (nSPS) is 25.7. The number of nitrogens with zero attached hydrogens (tertiary/aromatic N) is 1. The Morgan fingerprint density at radius 2 is 2.05 bits per heavy atom. The third-order valence-corrected chi connectivity index (χ3v) is 4.26. The lowest BCUT2D eigenvalue weighted by Gasteiger charge is -2.22. The third-order valence-electron chi connectivity index (χ3n) is 4.26. The van der Waals surface area contributed by atoms with Crippen LogP contribution < -0.4 is 5.32 Å². The van der Waals surface area contributed by atoms with Gasteiger partial charge in [0.1, 0.15) is 0 Å². The van der Waals surface area contributed by atoms with Gasteiger partial charge in [0.2, 0.25) is 0 Å². The number of nitrogens with one attached hydrogen (secondary N) is 1. The molecule has 0 bridgehead atoms. The fourth-order valence-electron chi connectivity index (χ4n) is 3.28. The molecule has 2 unspecified atom stereocenters. The molecule has 2 aliphatic rings. The maximum Gasteiger partial charge on any atom is 0.338 e. The maximum absolute atomic E-state index is 13.9. The molecule has 2 aliphatic heterocycles. The SMILES string of the molecule is O=C(O)c1ccc(NC2CCN3CCCC23)c(F)c1F. The van der Waals surface area contributed by atoms with E-state index in [1.54, 1.807) is 0 Å². The second-order valence-electron chi connectivity index (χ2n) is 5.38. The van der Waals surface area contributed by atoms with Gasteiger partial charge >= 0.3 is 5.97 Å². The second kappa shape index (κ2) is 5.01. The van der Waals surface area contributed by atoms with Gasteiger partial charge in [-0.25, -0.2) is 13.6 Å². The van der Waals surface area contributed by atoms with Gasteiger partial charge in [-0.1, -0.05) is 0 Å². The van der Waals surface area contributed by atoms with E-state index in [1.165, 1.54) is 6.07 Å². The highest BCUT2D eigenvalue weighted by molar-refractivity contribution is 5.88. The summed E-state index contributed by atoms with van der Waals surface area (Å²) in [5, 5.41) is 11.8. The van der Waals surface area contributed by atoms with Crippen LogP contribution in [0.5, 0.6) is 0 Å². The Kier molecular flexibility index (Phi) is 3.33. The van der Waals surface area contributed by atoms with E-state index in [9.17, 15) is 13.6 Å². The van der Waals surface area contributed by atoms with Crippen molar-refractivity contribution in [3.8, 4) is 0 Å². The molecule has 2 saturated heterocycles. The van der Waals surface area contributed by atoms with Crippen LogP contribution in [0.25, 0.3) is 0 Å². The molecule has 4 nitrogen and oxygen atoms in total. The van der Waals surface area contributed by atoms with Gasteiger partial charge in [-0.15, -0.1) is 0 Å². The first kappa shape index (κ1) is 13.3. The molecule has 2 atom stereocenters. The fraction of sp³-hybridized carbons (Fsp3) is 0.500. The van der Waals surface area contributed by atoms with Crippen molar-refractivity contribution in [2.45, 2.75) is 31.3 Å². The molecule has 0 radical (unpaired) electrons. The third kappa shape index (κ3) is 2.14. The lowest BCUT2D eigenvalue weighted by Crippen LogP contribution is -2.34. The summed E-state index contributed by atoms with van der Waals surface area (Å²) in [5.41, 5.74) is -0.590. The number of aromatic carboxylic acids is 1. The molecule has 2 fully saturated rings. The number of carbonyl (C=O) groups is 1. The minimum absolute atomic E-state index is 0.0475. The Morgan fingerprint density at radius 3 is 2.80 bits per heavy atom. The molecule has 0 amide bonds. The van der Waals surface area contributed by atoms with Gasteiger partial charge in [0.05, 0.1) is 11.3 Å². The number of benzene rings is 1. The van der Waals surface area contributed by atoms with E-state index < -0.39 is 23.2 Å². The predicted molar refractivity (Wildman–Crippen MR) is 69.9 cm³/mol. The molecule has 1 aromatic carbocycles. The minimum Gasteiger partial charge on any atom is -0.478 e. The van der Waals surface area contributed by atoms with E-state index in [1.807, 2.05) is 0 Å². The fourth-order valence-corrected chi connectivity index (χ4v) is 3.28. The zero-order chi connectivity index (χ0) is 14.3. The highest BCUT2D eigenvalue weighted by Crippen LogP contribution is 2.31. The average Bonchev–Trinajstić information content (AvgIpc) is 2.99. The quantitative estimate of drug-likeness (QED) is 0.893. The summed E-state index contributed by atoms with van der Waals surface area (Å²) in [5.74, 6) is -3.87. The van der Waals surface area contributed by atoms with Gasteiger partial charge in [-0.05, 0) is 37.9 Å². The average molecular weight is 282 g/mol. The summed E-state index contributed by atoms with van der Waals surface area (Å²) in [7, 11) is 0. The number of rotatable bonds is 3. The molecule has 0 aromatic heterocycles. The van der Waals surface area contributed by atoms with Crippen LogP contribution >= 0.6 is 0 Å². The van der Waals surface area contributed by atoms with Crippen molar-refractivity contribution in [2.75, 3.05) is 18.4 Å². The number of halogens is 2. The Bertz CT molecular complexity index is 550. The van der Waals surface area contributed by atoms with Gasteiger partial charge in [0.25, 0.3) is 0 Å². The summed E-state index contributed by atoms with van der Waals surface area (Å²) >= 11 is 0. The van der Waals surface area contributed by atoms with E-state index in [-0.39, 0.29) is 11.7 Å². The zero-order valence-corrected chi connectivity index (χ0v) is 10.9. The van der Waals surface area contributed by atoms with Crippen molar-refractivity contribution >= 4 is 11.7 Å². The van der Waals surface area contributed by atoms with Gasteiger partial charge in [0, 0.05) is 18.6 Å². The van der Waals surface area contributed by atoms with Crippen LogP contribution in [-0.2, 0) is 0 Å². The summed E-state index contributed by atoms with van der Waals surface area (Å²) in [4.78, 5) is 13.1. The molecule has 0 saturated carbocycles. The topological polar surface area (TPSA) is 52.6 Å². The van der Waals surface area contributed by atoms with Crippen molar-refractivity contribution in [2.24, 2.45) is 0 Å². The van der Waals surface area contributed by atoms with Crippen LogP contribution in [0.3, 0.4) is 0 Å². The number of fused-ring (bicyclic) bond motifs is 1. The first-order chi connectivity index (χ1) is 9.58. The number of hydrogen-bond donors (Lipinski definition) is 2. The molecule has 20 heavy (non-hydrogen) atoms. The van der Waals surface area contributed by atoms with Crippen molar-refractivity contribution in [1.29, 1.82) is 0 Å². The Balaban J connectivity index is 1.81. The number of hydrogen-bond acceptors (Lipinski definition) is 3. The zero-order valence-electron chi connectivity index (χ0n) is 10.9. The van der Waals surface area contributed by atoms with Crippen LogP contribution in [0.15, 0.2) is 12.1 Å². The van der Waals surface area contributed by atoms with Crippen molar-refractivity contribution in [1.82, 2.24) is 4.90 Å². The van der Waals surface area contributed by atoms with Gasteiger partial charge < -0.3 is 10.4 Å². The molecule has 6 heteroatoms. The molecule has 0 spiro atoms. The lowest BCUT2D eigenvalue weighted by molar-refractivity contribution is 0.0690. The van der Waals surface area contributed by atoms with Gasteiger partial charge in [-0.2, -0.15) is 0 Å². The van der Waals surface area contributed by atoms with Crippen molar-refractivity contribution < 1.29 is 18.7 Å². The molecule has 1 aromatic rings. The molecule has 2 heterocycles. The molecule has 108 valence electrons. The maximum atomic E-state index is 13.9. The molecule has 2 N–H and O–H groups in total. The minimum atomic E-state index is -1.46. The largest absolute Gasteiger partial charge is 0.478 e. The smallest absolute Gasteiger partial charge is 0.338 e. The van der Waals surface area contributed by atoms with Crippen LogP contribution in [0, 0.1) is 11.6 Å². The van der Waals surface area contributed by atoms with E-state index in [0.717, 1.165) is 38.4 Å². The molecular formula is C14H16F2N2O2. The number of anilines is 1. The second-order valence-corrected chi connectivity index (χ2v) is 5.38. The predicted octanol–water partition coefficient (Wildman–Crippen LogP) is 2.31. The van der Waals surface area contributed by atoms with E-state index in [2.05, 4.69) is 10.2 Å². The summed E-state index contributed by atoms with van der Waals surface area (Å²) in [6, 6.07) is 2.88. The molecular weight excluding hydrogens is 266 g/mol. The lowest BCUT2D eigenvalue weighted by atomic mass is 10.1. The first-order valence-corrected chi connectivity index (χ1v) is 6.80. The van der Waals surface area contributed by atoms with Crippen molar-refractivity contribution in [3.63, 3.8) is 0 Å². The number of carboxylic acids is 1. The Labute approximate surface area is 115 Å². The Morgan fingerprint density at radius 1 is 1.25 bits per heavy atom. The van der Waals surface area contributed by atoms with Crippen LogP contribution in [0.4, 0.5) is 14.5 Å². The van der Waals surface area contributed by atoms with Crippen LogP contribution in [0.1, 0.15) is 29.6 Å². The molecule has 0 aliphatic carbocycles. The van der Waals surface area contributed by atoms with Crippen molar-refractivity contribution in [3.05, 3.63) is 29.3 Å². The Hall–Kier alpha value is -1.69. The van der Waals surface area contributed by atoms with Crippen LogP contribution in [-0.4, -0.2) is 41.1 Å². The van der Waals surface area contributed by atoms with E-state index >= 15 is 0 Å². The van der Waals surface area contributed by atoms with Gasteiger partial charge in [0.15, 0.2) is 11.6 Å². The molecule has 3 rings (SSSR count). The number of carboxylic acid groups (broad SMARTS) is 1. The monoisotopic (exact) mass is 282 g/mol. The van der Waals surface area contributed by atoms with Crippen LogP contribution in [0.2, 0.25) is 0 Å². The first-order valence-electron chi connectivity index (χ1n) is 6.80. The van der Waals surface area contributed by atoms with E-state index in [4.69, 9.17) is 5.11 Å². The summed E-state index contributed by atoms with van der Waals surface area (Å²) in [6.07, 6.45) is 3.10. The highest BCUT2D eigenvalue weighted by Gasteiger charge is 2.37. The summed E-state index contributed by atoms with van der Waals surface area (Å²) in [6.45, 7) is 2.04. The standard InChI is InChI=1S/C14H16F2N2O2/c15-12-8(14(19)20)3-4-10(13(12)16)17-9-5-7-18-6-1-2-11(9)18/h3-4,9,11,17H,1-2,5-7H2,(H,19,20). The highest BCUT2D eigenvalue weighted by atomic mass is 19.2.